The third-order valence-corrected chi connectivity index (χ3v) is 1.61. The fourth-order valence-electron chi connectivity index (χ4n) is 0.972. The quantitative estimate of drug-likeness (QED) is 0.578. The Kier molecular flexibility index (Phi) is 2.76. The summed E-state index contributed by atoms with van der Waals surface area (Å²) in [7, 11) is 0. The Morgan fingerprint density at radius 2 is 2.17 bits per heavy atom. The van der Waals surface area contributed by atoms with Crippen LogP contribution in [0.4, 0.5) is 0 Å². The Bertz CT molecular complexity index is 329. The van der Waals surface area contributed by atoms with Crippen LogP contribution in [0.2, 0.25) is 0 Å². The molecule has 0 aliphatic heterocycles. The first kappa shape index (κ1) is 8.67. The molecule has 0 fully saturated rings. The maximum absolute atomic E-state index is 9.11. The number of phenolic OH excluding ortho intramolecular Hbond substituents is 1. The first-order chi connectivity index (χ1) is 5.74. The zero-order chi connectivity index (χ0) is 8.97. The predicted molar refractivity (Wildman–Crippen MR) is 50.0 cm³/mol. The molecule has 0 radical (unpaired) electrons. The Morgan fingerprint density at radius 3 is 2.75 bits per heavy atom. The highest BCUT2D eigenvalue weighted by atomic mass is 16.3. The van der Waals surface area contributed by atoms with Crippen LogP contribution in [0, 0.1) is 18.8 Å². The van der Waals surface area contributed by atoms with E-state index in [1.165, 1.54) is 0 Å². The summed E-state index contributed by atoms with van der Waals surface area (Å²) in [5, 5.41) is 9.11. The van der Waals surface area contributed by atoms with Gasteiger partial charge in [0.25, 0.3) is 0 Å². The van der Waals surface area contributed by atoms with Gasteiger partial charge < -0.3 is 5.11 Å². The molecule has 1 nitrogen and oxygen atoms in total. The smallest absolute Gasteiger partial charge is 0.115 e. The molecule has 1 aromatic rings. The van der Waals surface area contributed by atoms with Crippen molar-refractivity contribution >= 4 is 0 Å². The molecule has 0 amide bonds. The van der Waals surface area contributed by atoms with Gasteiger partial charge in [0.15, 0.2) is 0 Å². The van der Waals surface area contributed by atoms with Crippen LogP contribution in [-0.2, 0) is 0 Å². The highest BCUT2D eigenvalue weighted by molar-refractivity contribution is 5.44. The van der Waals surface area contributed by atoms with Crippen LogP contribution in [0.1, 0.15) is 24.5 Å². The number of benzene rings is 1. The van der Waals surface area contributed by atoms with E-state index in [2.05, 4.69) is 11.8 Å². The van der Waals surface area contributed by atoms with Crippen molar-refractivity contribution in [2.24, 2.45) is 0 Å². The SMILES string of the molecule is CCC#Cc1ccc(O)cc1C. The van der Waals surface area contributed by atoms with Crippen molar-refractivity contribution in [1.82, 2.24) is 0 Å². The molecule has 1 rings (SSSR count). The fraction of sp³-hybridized carbons (Fsp3) is 0.273. The molecular weight excluding hydrogens is 148 g/mol. The lowest BCUT2D eigenvalue weighted by molar-refractivity contribution is 0.475. The van der Waals surface area contributed by atoms with Gasteiger partial charge in [0.1, 0.15) is 5.75 Å². The average molecular weight is 160 g/mol. The first-order valence-electron chi connectivity index (χ1n) is 4.02. The minimum atomic E-state index is 0.301. The highest BCUT2D eigenvalue weighted by Crippen LogP contribution is 2.14. The summed E-state index contributed by atoms with van der Waals surface area (Å²) in [5.41, 5.74) is 2.02. The summed E-state index contributed by atoms with van der Waals surface area (Å²) in [4.78, 5) is 0. The molecule has 0 aliphatic carbocycles. The summed E-state index contributed by atoms with van der Waals surface area (Å²) < 4.78 is 0. The van der Waals surface area contributed by atoms with Gasteiger partial charge in [-0.1, -0.05) is 18.8 Å². The van der Waals surface area contributed by atoms with Gasteiger partial charge in [-0.25, -0.2) is 0 Å². The molecule has 1 aromatic carbocycles. The van der Waals surface area contributed by atoms with Gasteiger partial charge in [0, 0.05) is 12.0 Å². The van der Waals surface area contributed by atoms with Crippen LogP contribution in [0.25, 0.3) is 0 Å². The summed E-state index contributed by atoms with van der Waals surface area (Å²) in [5.74, 6) is 6.32. The molecule has 0 aromatic heterocycles. The first-order valence-corrected chi connectivity index (χ1v) is 4.02. The lowest BCUT2D eigenvalue weighted by Gasteiger charge is -1.97. The second-order valence-corrected chi connectivity index (χ2v) is 2.65. The summed E-state index contributed by atoms with van der Waals surface area (Å²) in [6.45, 7) is 3.96. The van der Waals surface area contributed by atoms with Crippen molar-refractivity contribution < 1.29 is 5.11 Å². The topological polar surface area (TPSA) is 20.2 Å². The molecule has 1 heteroatoms. The molecule has 0 atom stereocenters. The number of aromatic hydroxyl groups is 1. The van der Waals surface area contributed by atoms with E-state index >= 15 is 0 Å². The Balaban J connectivity index is 3.01. The number of aryl methyl sites for hydroxylation is 1. The monoisotopic (exact) mass is 160 g/mol. The molecular formula is C11H12O. The molecule has 12 heavy (non-hydrogen) atoms. The normalized spacial score (nSPS) is 8.83. The third-order valence-electron chi connectivity index (χ3n) is 1.61. The number of hydrogen-bond donors (Lipinski definition) is 1. The minimum Gasteiger partial charge on any atom is -0.508 e. The number of rotatable bonds is 0. The van der Waals surface area contributed by atoms with Crippen molar-refractivity contribution in [2.45, 2.75) is 20.3 Å². The van der Waals surface area contributed by atoms with Gasteiger partial charge in [-0.15, -0.1) is 0 Å². The van der Waals surface area contributed by atoms with Crippen molar-refractivity contribution in [1.29, 1.82) is 0 Å². The zero-order valence-corrected chi connectivity index (χ0v) is 7.39. The highest BCUT2D eigenvalue weighted by Gasteiger charge is 1.94. The van der Waals surface area contributed by atoms with Crippen LogP contribution in [0.3, 0.4) is 0 Å². The van der Waals surface area contributed by atoms with Gasteiger partial charge in [-0.2, -0.15) is 0 Å². The van der Waals surface area contributed by atoms with E-state index in [1.54, 1.807) is 12.1 Å². The van der Waals surface area contributed by atoms with E-state index in [4.69, 9.17) is 5.11 Å². The molecule has 62 valence electrons. The Labute approximate surface area is 73.0 Å². The molecule has 0 saturated heterocycles. The largest absolute Gasteiger partial charge is 0.508 e. The maximum Gasteiger partial charge on any atom is 0.115 e. The lowest BCUT2D eigenvalue weighted by Crippen LogP contribution is -1.80. The van der Waals surface area contributed by atoms with E-state index in [0.29, 0.717) is 5.75 Å². The molecule has 0 aliphatic rings. The van der Waals surface area contributed by atoms with Crippen molar-refractivity contribution in [3.05, 3.63) is 29.3 Å². The summed E-state index contributed by atoms with van der Waals surface area (Å²) >= 11 is 0. The van der Waals surface area contributed by atoms with Crippen molar-refractivity contribution in [2.75, 3.05) is 0 Å². The molecule has 0 unspecified atom stereocenters. The Morgan fingerprint density at radius 1 is 1.42 bits per heavy atom. The van der Waals surface area contributed by atoms with Crippen LogP contribution in [0.15, 0.2) is 18.2 Å². The van der Waals surface area contributed by atoms with Crippen molar-refractivity contribution in [3.8, 4) is 17.6 Å². The van der Waals surface area contributed by atoms with Gasteiger partial charge in [-0.3, -0.25) is 0 Å². The molecule has 0 saturated carbocycles. The summed E-state index contributed by atoms with van der Waals surface area (Å²) in [6.07, 6.45) is 0.861. The van der Waals surface area contributed by atoms with Crippen LogP contribution in [0.5, 0.6) is 5.75 Å². The van der Waals surface area contributed by atoms with Crippen molar-refractivity contribution in [3.63, 3.8) is 0 Å². The predicted octanol–water partition coefficient (Wildman–Crippen LogP) is 2.46. The zero-order valence-electron chi connectivity index (χ0n) is 7.39. The number of hydrogen-bond acceptors (Lipinski definition) is 1. The third kappa shape index (κ3) is 2.03. The molecule has 0 heterocycles. The van der Waals surface area contributed by atoms with Gasteiger partial charge in [0.05, 0.1) is 0 Å². The minimum absolute atomic E-state index is 0.301. The second kappa shape index (κ2) is 3.82. The Hall–Kier alpha value is -1.42. The molecule has 0 bridgehead atoms. The number of phenols is 1. The lowest BCUT2D eigenvalue weighted by atomic mass is 10.1. The standard InChI is InChI=1S/C11H12O/c1-3-4-5-10-6-7-11(12)8-9(10)2/h6-8,12H,3H2,1-2H3. The average Bonchev–Trinajstić information content (AvgIpc) is 2.03. The summed E-state index contributed by atoms with van der Waals surface area (Å²) in [6, 6.07) is 5.22. The van der Waals surface area contributed by atoms with Gasteiger partial charge in [0.2, 0.25) is 0 Å². The van der Waals surface area contributed by atoms with E-state index in [1.807, 2.05) is 19.9 Å². The fourth-order valence-corrected chi connectivity index (χ4v) is 0.972. The van der Waals surface area contributed by atoms with Gasteiger partial charge in [-0.05, 0) is 30.7 Å². The van der Waals surface area contributed by atoms with E-state index in [9.17, 15) is 0 Å². The van der Waals surface area contributed by atoms with Crippen LogP contribution in [-0.4, -0.2) is 5.11 Å². The van der Waals surface area contributed by atoms with E-state index in [0.717, 1.165) is 17.5 Å². The maximum atomic E-state index is 9.11. The molecule has 0 spiro atoms. The van der Waals surface area contributed by atoms with Gasteiger partial charge >= 0.3 is 0 Å². The van der Waals surface area contributed by atoms with Crippen LogP contribution >= 0.6 is 0 Å². The molecule has 1 N–H and O–H groups in total. The van der Waals surface area contributed by atoms with E-state index < -0.39 is 0 Å². The van der Waals surface area contributed by atoms with Crippen LogP contribution < -0.4 is 0 Å². The van der Waals surface area contributed by atoms with E-state index in [-0.39, 0.29) is 0 Å². The second-order valence-electron chi connectivity index (χ2n) is 2.65.